The lowest BCUT2D eigenvalue weighted by atomic mass is 9.44. The fourth-order valence-corrected chi connectivity index (χ4v) is 22.6. The molecule has 0 radical (unpaired) electrons. The van der Waals surface area contributed by atoms with Crippen LogP contribution in [0.4, 0.5) is 13.2 Å². The zero-order valence-electron chi connectivity index (χ0n) is 53.7. The Labute approximate surface area is 528 Å². The summed E-state index contributed by atoms with van der Waals surface area (Å²) in [7, 11) is 0. The van der Waals surface area contributed by atoms with Crippen molar-refractivity contribution >= 4 is 41.0 Å². The Hall–Kier alpha value is -4.52. The van der Waals surface area contributed by atoms with Gasteiger partial charge in [-0.1, -0.05) is 55.7 Å². The first kappa shape index (κ1) is 67.9. The van der Waals surface area contributed by atoms with Crippen molar-refractivity contribution in [2.45, 2.75) is 223 Å². The monoisotopic (exact) mass is 1280 g/mol. The second-order valence-corrected chi connectivity index (χ2v) is 30.5. The van der Waals surface area contributed by atoms with Gasteiger partial charge in [0.05, 0.1) is 42.5 Å². The number of allylic oxidation sites excluding steroid dienone is 12. The zero-order valence-corrected chi connectivity index (χ0v) is 53.7. The van der Waals surface area contributed by atoms with Crippen molar-refractivity contribution < 1.29 is 101 Å². The Kier molecular flexibility index (Phi) is 16.6. The molecule has 0 aromatic rings. The van der Waals surface area contributed by atoms with E-state index >= 15 is 13.2 Å². The van der Waals surface area contributed by atoms with Gasteiger partial charge < -0.3 is 59.5 Å². The van der Waals surface area contributed by atoms with Gasteiger partial charge in [-0.2, -0.15) is 0 Å². The lowest BCUT2D eigenvalue weighted by Crippen LogP contribution is -2.70. The van der Waals surface area contributed by atoms with Crippen LogP contribution < -0.4 is 0 Å². The van der Waals surface area contributed by atoms with Gasteiger partial charge in [0.1, 0.15) is 26.1 Å². The standard InChI is InChI=1S/C24H31FO6.C23H29FO6.C21H27FO5.C2H4O/c1-20(2)30-19-10-16-15-6-5-13-9-14(27)7-8-21(13,3)23(15,25)17(28)11-22(16,4)24(19,31-20)18(29)12-26;1-12-29-19-9-16-15-5-4-13-8-14(26)6-7-20(13,2)22(15,24)17(27)10-21(16,3)23(19,30-12)18(28)11-25;1-19-9-17(27)21(22)13(14(19)8-15(25)18(19)16(26)10-23)4-3-11-7-12(24)5-6-20(11,21)2;1-2-3/h7-9,15-17,19,26,28H,5-6,10-12H2,1-4H3;6-8,12,15-17,19,25,27H,4-5,9-11H2,1-3H3;5-7,13-15,17-18,23,25,27H,3-4,8-10H2,1-2H3;2H,1H3/t15-,16-,17-,19+,21-,22-,23-,24+;12?,15-,16-,17-,19+,20-,21-,22-,23+;13-,14-,15+,17-,18+,19-,20-,21-;/m000./s1. The summed E-state index contributed by atoms with van der Waals surface area (Å²) in [6.07, 6.45) is 11.7. The highest BCUT2D eigenvalue weighted by Crippen LogP contribution is 2.75. The number of hydrogen-bond donors (Lipinski definition) is 7. The van der Waals surface area contributed by atoms with Crippen molar-refractivity contribution in [3.05, 3.63) is 71.4 Å². The Morgan fingerprint density at radius 1 is 0.549 bits per heavy atom. The number of aliphatic hydroxyl groups is 7. The molecule has 11 fully saturated rings. The Morgan fingerprint density at radius 3 is 1.35 bits per heavy atom. The molecule has 0 spiro atoms. The average Bonchev–Trinajstić information content (AvgIpc) is 1.46. The molecule has 18 nitrogen and oxygen atoms in total. The number of hydrogen-bond acceptors (Lipinski definition) is 18. The van der Waals surface area contributed by atoms with Crippen LogP contribution in [-0.4, -0.2) is 173 Å². The lowest BCUT2D eigenvalue weighted by Gasteiger charge is -2.62. The van der Waals surface area contributed by atoms with E-state index in [1.165, 1.54) is 43.4 Å². The van der Waals surface area contributed by atoms with E-state index in [1.807, 2.05) is 20.8 Å². The van der Waals surface area contributed by atoms with Crippen LogP contribution in [0.1, 0.15) is 146 Å². The van der Waals surface area contributed by atoms with Crippen molar-refractivity contribution in [3.63, 3.8) is 0 Å². The minimum atomic E-state index is -1.98. The maximum Gasteiger partial charge on any atom is 0.193 e. The fraction of sp³-hybridized carbons (Fsp3) is 0.729. The Balaban J connectivity index is 0.000000137. The van der Waals surface area contributed by atoms with Gasteiger partial charge in [0, 0.05) is 44.8 Å². The molecule has 2 heterocycles. The van der Waals surface area contributed by atoms with Gasteiger partial charge >= 0.3 is 0 Å². The normalized spacial score (nSPS) is 50.9. The first-order valence-corrected chi connectivity index (χ1v) is 32.6. The van der Waals surface area contributed by atoms with Crippen LogP contribution in [0, 0.1) is 73.9 Å². The molecule has 1 unspecified atom stereocenters. The van der Waals surface area contributed by atoms with Crippen LogP contribution in [0.3, 0.4) is 0 Å². The minimum Gasteiger partial charge on any atom is -0.392 e. The fourth-order valence-electron chi connectivity index (χ4n) is 22.6. The molecule has 0 bridgehead atoms. The molecule has 21 heteroatoms. The zero-order chi connectivity index (χ0) is 66.8. The van der Waals surface area contributed by atoms with Crippen LogP contribution in [0.15, 0.2) is 71.4 Å². The summed E-state index contributed by atoms with van der Waals surface area (Å²) in [4.78, 5) is 82.9. The summed E-state index contributed by atoms with van der Waals surface area (Å²) in [6, 6.07) is 0. The van der Waals surface area contributed by atoms with E-state index in [9.17, 15) is 64.5 Å². The van der Waals surface area contributed by atoms with E-state index in [4.69, 9.17) is 23.7 Å². The molecule has 91 heavy (non-hydrogen) atoms. The number of halogens is 3. The smallest absolute Gasteiger partial charge is 0.193 e. The molecule has 7 N–H and O–H groups in total. The quantitative estimate of drug-likeness (QED) is 0.147. The molecule has 2 aliphatic heterocycles. The third-order valence-corrected chi connectivity index (χ3v) is 26.4. The van der Waals surface area contributed by atoms with Gasteiger partial charge in [0.25, 0.3) is 0 Å². The summed E-state index contributed by atoms with van der Waals surface area (Å²) in [5, 5.41) is 73.2. The van der Waals surface area contributed by atoms with E-state index in [-0.39, 0.29) is 60.8 Å². The molecular weight excluding hydrogens is 1190 g/mol. The number of aliphatic hydroxyl groups excluding tert-OH is 7. The van der Waals surface area contributed by atoms with Gasteiger partial charge in [-0.15, -0.1) is 0 Å². The maximum atomic E-state index is 17.1. The third-order valence-electron chi connectivity index (χ3n) is 26.4. The molecule has 0 amide bonds. The highest BCUT2D eigenvalue weighted by atomic mass is 19.2. The van der Waals surface area contributed by atoms with Crippen LogP contribution in [0.2, 0.25) is 0 Å². The number of fused-ring (bicyclic) bond motifs is 19. The Morgan fingerprint density at radius 2 is 0.934 bits per heavy atom. The van der Waals surface area contributed by atoms with Crippen molar-refractivity contribution in [2.75, 3.05) is 19.8 Å². The van der Waals surface area contributed by atoms with Crippen molar-refractivity contribution in [1.82, 2.24) is 0 Å². The molecule has 12 aliphatic carbocycles. The number of aldehydes is 1. The van der Waals surface area contributed by atoms with Gasteiger partial charge in [-0.25, -0.2) is 13.2 Å². The Bertz CT molecular complexity index is 3280. The third kappa shape index (κ3) is 8.78. The van der Waals surface area contributed by atoms with Gasteiger partial charge in [0.2, 0.25) is 0 Å². The van der Waals surface area contributed by atoms with Crippen LogP contribution in [0.25, 0.3) is 0 Å². The largest absolute Gasteiger partial charge is 0.392 e. The maximum absolute atomic E-state index is 17.1. The molecule has 500 valence electrons. The number of carbonyl (C=O) groups is 7. The first-order valence-electron chi connectivity index (χ1n) is 32.6. The minimum absolute atomic E-state index is 0.0109. The van der Waals surface area contributed by atoms with Gasteiger partial charge in [-0.3, -0.25) is 28.8 Å². The molecule has 25 atom stereocenters. The predicted octanol–water partition coefficient (Wildman–Crippen LogP) is 6.16. The van der Waals surface area contributed by atoms with E-state index in [0.717, 1.165) is 17.4 Å². The number of alkyl halides is 3. The van der Waals surface area contributed by atoms with Gasteiger partial charge in [0.15, 0.2) is 75.0 Å². The molecule has 0 aromatic carbocycles. The molecular formula is C70H91F3O18. The number of ketones is 6. The molecule has 0 aromatic heterocycles. The molecule has 9 saturated carbocycles. The second kappa shape index (κ2) is 22.3. The van der Waals surface area contributed by atoms with Crippen molar-refractivity contribution in [1.29, 1.82) is 0 Å². The number of ether oxygens (including phenoxy) is 4. The van der Waals surface area contributed by atoms with Gasteiger partial charge in [-0.05, 0) is 185 Å². The lowest BCUT2D eigenvalue weighted by molar-refractivity contribution is -0.246. The highest BCUT2D eigenvalue weighted by Gasteiger charge is 2.82. The molecule has 2 saturated heterocycles. The first-order chi connectivity index (χ1) is 42.4. The summed E-state index contributed by atoms with van der Waals surface area (Å²) < 4.78 is 75.3. The number of rotatable bonds is 6. The van der Waals surface area contributed by atoms with Crippen molar-refractivity contribution in [3.8, 4) is 0 Å². The summed E-state index contributed by atoms with van der Waals surface area (Å²) in [6.45, 7) is 15.4. The van der Waals surface area contributed by atoms with Crippen molar-refractivity contribution in [2.24, 2.45) is 73.9 Å². The number of carbonyl (C=O) groups excluding carboxylic acids is 7. The van der Waals surface area contributed by atoms with E-state index in [0.29, 0.717) is 56.9 Å². The van der Waals surface area contributed by atoms with Crippen LogP contribution in [-0.2, 0) is 52.5 Å². The van der Waals surface area contributed by atoms with Crippen LogP contribution >= 0.6 is 0 Å². The van der Waals surface area contributed by atoms with E-state index < -0.39 is 170 Å². The molecule has 14 aliphatic rings. The topological polar surface area (TPSA) is 298 Å². The van der Waals surface area contributed by atoms with Crippen LogP contribution in [0.5, 0.6) is 0 Å². The highest BCUT2D eigenvalue weighted by molar-refractivity contribution is 6.02. The van der Waals surface area contributed by atoms with E-state index in [1.54, 1.807) is 59.8 Å². The molecule has 14 rings (SSSR count). The summed E-state index contributed by atoms with van der Waals surface area (Å²) in [5.41, 5.74) is -12.3. The average molecular weight is 1280 g/mol. The SMILES string of the molecule is CC1(C)O[C@@H]2C[C@H]3[C@@H]4CCC5=CC(=O)C=C[C@]5(C)[C@@]4(F)[C@@H](O)C[C@]3(C)[C@]2(C(=O)CO)O1.CC1O[C@@H]2C[C@H]3[C@@H]4CCC5=CC(=O)C=C[C@]5(C)[C@@]4(F)[C@@H](O)C[C@]3(C)[C@]2(C(=O)CO)O1.CC=O.C[C@]12C[C@H](O)[C@@]3(F)[C@@H](CCC4=CC(=O)C=C[C@@]43C)[C@@H]1C[C@@H](O)[C@@H]2C(=O)CO. The second-order valence-electron chi connectivity index (χ2n) is 30.5. The van der Waals surface area contributed by atoms with E-state index in [2.05, 4.69) is 0 Å². The summed E-state index contributed by atoms with van der Waals surface area (Å²) in [5.74, 6) is -6.07. The predicted molar refractivity (Wildman–Crippen MR) is 320 cm³/mol. The summed E-state index contributed by atoms with van der Waals surface area (Å²) >= 11 is 0. The number of Topliss-reactive ketones (excluding diaryl/α,β-unsaturated/α-hetero) is 3.